The first-order valence-corrected chi connectivity index (χ1v) is 11.5. The average molecular weight is 497 g/mol. The standard InChI is InChI=1S/C25H21FN10O/c1-12(2)25(37)31-15-6-14(7-27-8-15)16-9-29-22-18(19(16)26)21(34-35-22)23-32-17-4-5-28-24(20(17)33-23)36-10-13(3)30-11-36/h4-12H,1-3H3,(H,31,37)(H,32,33)(H,29,34,35). The summed E-state index contributed by atoms with van der Waals surface area (Å²) in [4.78, 5) is 37.2. The summed E-state index contributed by atoms with van der Waals surface area (Å²) < 4.78 is 17.8. The molecule has 0 saturated heterocycles. The molecule has 1 amide bonds. The van der Waals surface area contributed by atoms with Crippen LogP contribution in [0.25, 0.3) is 50.5 Å². The summed E-state index contributed by atoms with van der Waals surface area (Å²) in [5.41, 5.74) is 3.87. The van der Waals surface area contributed by atoms with Crippen LogP contribution in [0.15, 0.2) is 49.4 Å². The highest BCUT2D eigenvalue weighted by molar-refractivity contribution is 5.96. The van der Waals surface area contributed by atoms with Gasteiger partial charge < -0.3 is 10.3 Å². The number of anilines is 1. The zero-order valence-electron chi connectivity index (χ0n) is 20.1. The first kappa shape index (κ1) is 22.5. The quantitative estimate of drug-likeness (QED) is 0.325. The number of carbonyl (C=O) groups excluding carboxylic acids is 1. The van der Waals surface area contributed by atoms with Crippen LogP contribution in [0.1, 0.15) is 19.5 Å². The molecule has 0 saturated carbocycles. The van der Waals surface area contributed by atoms with Crippen molar-refractivity contribution in [2.75, 3.05) is 5.32 Å². The summed E-state index contributed by atoms with van der Waals surface area (Å²) >= 11 is 0. The Bertz CT molecular complexity index is 1800. The van der Waals surface area contributed by atoms with Crippen molar-refractivity contribution in [3.8, 4) is 28.5 Å². The van der Waals surface area contributed by atoms with Gasteiger partial charge in [0.25, 0.3) is 0 Å². The number of aryl methyl sites for hydroxylation is 1. The number of pyridine rings is 3. The highest BCUT2D eigenvalue weighted by atomic mass is 19.1. The van der Waals surface area contributed by atoms with Crippen LogP contribution in [0, 0.1) is 18.7 Å². The fraction of sp³-hybridized carbons (Fsp3) is 0.160. The molecule has 0 unspecified atom stereocenters. The molecule has 0 aliphatic carbocycles. The Hall–Kier alpha value is -5.00. The number of carbonyl (C=O) groups is 1. The fourth-order valence-corrected chi connectivity index (χ4v) is 4.03. The third-order valence-electron chi connectivity index (χ3n) is 5.93. The minimum Gasteiger partial charge on any atom is -0.336 e. The molecule has 0 aromatic carbocycles. The van der Waals surface area contributed by atoms with E-state index in [4.69, 9.17) is 4.98 Å². The molecule has 0 fully saturated rings. The Balaban J connectivity index is 1.45. The van der Waals surface area contributed by atoms with Crippen molar-refractivity contribution in [2.24, 2.45) is 5.92 Å². The molecule has 6 heterocycles. The minimum atomic E-state index is -0.535. The Kier molecular flexibility index (Phi) is 5.21. The SMILES string of the molecule is Cc1cn(-c2nccc3[nH]c(-c4[nH]nc5ncc(-c6cncc(NC(=O)C(C)C)c6)c(F)c45)nc23)cn1. The molecule has 37 heavy (non-hydrogen) atoms. The van der Waals surface area contributed by atoms with Gasteiger partial charge in [-0.3, -0.25) is 19.4 Å². The molecular formula is C25H21FN10O. The van der Waals surface area contributed by atoms with E-state index in [2.05, 4.69) is 40.4 Å². The van der Waals surface area contributed by atoms with Gasteiger partial charge >= 0.3 is 0 Å². The third kappa shape index (κ3) is 3.88. The molecule has 0 bridgehead atoms. The summed E-state index contributed by atoms with van der Waals surface area (Å²) in [5, 5.41) is 10.0. The number of nitrogens with zero attached hydrogens (tertiary/aromatic N) is 7. The van der Waals surface area contributed by atoms with Crippen LogP contribution < -0.4 is 5.32 Å². The van der Waals surface area contributed by atoms with Gasteiger partial charge in [-0.2, -0.15) is 5.10 Å². The normalized spacial score (nSPS) is 11.6. The van der Waals surface area contributed by atoms with Crippen molar-refractivity contribution < 1.29 is 9.18 Å². The Morgan fingerprint density at radius 2 is 2.03 bits per heavy atom. The van der Waals surface area contributed by atoms with Gasteiger partial charge in [0.1, 0.15) is 23.4 Å². The summed E-state index contributed by atoms with van der Waals surface area (Å²) in [6, 6.07) is 3.45. The Morgan fingerprint density at radius 1 is 1.16 bits per heavy atom. The van der Waals surface area contributed by atoms with E-state index in [0.717, 1.165) is 11.2 Å². The number of hydrogen-bond donors (Lipinski definition) is 3. The van der Waals surface area contributed by atoms with Crippen LogP contribution in [0.2, 0.25) is 0 Å². The minimum absolute atomic E-state index is 0.158. The first-order chi connectivity index (χ1) is 17.9. The van der Waals surface area contributed by atoms with Gasteiger partial charge in [-0.25, -0.2) is 24.3 Å². The molecule has 0 radical (unpaired) electrons. The van der Waals surface area contributed by atoms with Crippen molar-refractivity contribution in [3.63, 3.8) is 0 Å². The van der Waals surface area contributed by atoms with E-state index in [1.807, 2.05) is 13.1 Å². The highest BCUT2D eigenvalue weighted by Crippen LogP contribution is 2.33. The number of halogens is 1. The maximum absolute atomic E-state index is 16.0. The zero-order chi connectivity index (χ0) is 25.7. The number of aromatic nitrogens is 9. The number of hydrogen-bond acceptors (Lipinski definition) is 7. The summed E-state index contributed by atoms with van der Waals surface area (Å²) in [5.74, 6) is 0.0819. The van der Waals surface area contributed by atoms with Crippen molar-refractivity contribution in [1.82, 2.24) is 44.7 Å². The lowest BCUT2D eigenvalue weighted by molar-refractivity contribution is -0.118. The molecule has 184 valence electrons. The van der Waals surface area contributed by atoms with E-state index < -0.39 is 5.82 Å². The smallest absolute Gasteiger partial charge is 0.226 e. The van der Waals surface area contributed by atoms with E-state index in [9.17, 15) is 4.79 Å². The molecule has 11 nitrogen and oxygen atoms in total. The first-order valence-electron chi connectivity index (χ1n) is 11.5. The number of imidazole rings is 2. The van der Waals surface area contributed by atoms with Crippen LogP contribution in [-0.2, 0) is 4.79 Å². The predicted molar refractivity (Wildman–Crippen MR) is 135 cm³/mol. The summed E-state index contributed by atoms with van der Waals surface area (Å²) in [7, 11) is 0. The number of aromatic amines is 2. The van der Waals surface area contributed by atoms with E-state index in [1.54, 1.807) is 43.1 Å². The van der Waals surface area contributed by atoms with Gasteiger partial charge in [-0.1, -0.05) is 13.8 Å². The largest absolute Gasteiger partial charge is 0.336 e. The molecule has 6 aromatic heterocycles. The Morgan fingerprint density at radius 3 is 2.81 bits per heavy atom. The van der Waals surface area contributed by atoms with Gasteiger partial charge in [0.05, 0.1) is 28.5 Å². The van der Waals surface area contributed by atoms with Gasteiger partial charge in [0.15, 0.2) is 17.3 Å². The van der Waals surface area contributed by atoms with Crippen LogP contribution in [0.5, 0.6) is 0 Å². The van der Waals surface area contributed by atoms with Gasteiger partial charge in [-0.15, -0.1) is 0 Å². The third-order valence-corrected chi connectivity index (χ3v) is 5.93. The van der Waals surface area contributed by atoms with Gasteiger partial charge in [-0.05, 0) is 19.1 Å². The highest BCUT2D eigenvalue weighted by Gasteiger charge is 2.21. The fourth-order valence-electron chi connectivity index (χ4n) is 4.03. The second-order valence-electron chi connectivity index (χ2n) is 8.93. The van der Waals surface area contributed by atoms with Crippen LogP contribution >= 0.6 is 0 Å². The second kappa shape index (κ2) is 8.59. The maximum Gasteiger partial charge on any atom is 0.226 e. The topological polar surface area (TPSA) is 143 Å². The van der Waals surface area contributed by atoms with Crippen molar-refractivity contribution in [3.05, 3.63) is 61.0 Å². The maximum atomic E-state index is 16.0. The monoisotopic (exact) mass is 496 g/mol. The van der Waals surface area contributed by atoms with Crippen molar-refractivity contribution in [2.45, 2.75) is 20.8 Å². The molecule has 3 N–H and O–H groups in total. The molecule has 0 spiro atoms. The average Bonchev–Trinajstić information content (AvgIpc) is 3.62. The lowest BCUT2D eigenvalue weighted by Gasteiger charge is -2.09. The predicted octanol–water partition coefficient (Wildman–Crippen LogP) is 4.19. The number of rotatable bonds is 5. The molecular weight excluding hydrogens is 475 g/mol. The molecule has 0 aliphatic rings. The van der Waals surface area contributed by atoms with Gasteiger partial charge in [0, 0.05) is 41.8 Å². The van der Waals surface area contributed by atoms with Crippen LogP contribution in [-0.4, -0.2) is 50.6 Å². The summed E-state index contributed by atoms with van der Waals surface area (Å²) in [6.45, 7) is 5.47. The van der Waals surface area contributed by atoms with Crippen LogP contribution in [0.4, 0.5) is 10.1 Å². The van der Waals surface area contributed by atoms with E-state index in [0.29, 0.717) is 34.1 Å². The lowest BCUT2D eigenvalue weighted by atomic mass is 10.1. The molecule has 6 aromatic rings. The van der Waals surface area contributed by atoms with E-state index in [1.165, 1.54) is 18.6 Å². The molecule has 0 aliphatic heterocycles. The van der Waals surface area contributed by atoms with E-state index >= 15 is 4.39 Å². The van der Waals surface area contributed by atoms with Crippen molar-refractivity contribution >= 4 is 33.7 Å². The van der Waals surface area contributed by atoms with E-state index in [-0.39, 0.29) is 28.4 Å². The summed E-state index contributed by atoms with van der Waals surface area (Å²) in [6.07, 6.45) is 9.61. The Labute approximate surface area is 209 Å². The van der Waals surface area contributed by atoms with Crippen LogP contribution in [0.3, 0.4) is 0 Å². The molecule has 6 rings (SSSR count). The van der Waals surface area contributed by atoms with Gasteiger partial charge in [0.2, 0.25) is 5.91 Å². The molecule has 0 atom stereocenters. The number of fused-ring (bicyclic) bond motifs is 2. The number of H-pyrrole nitrogens is 2. The number of amides is 1. The number of nitrogens with one attached hydrogen (secondary N) is 3. The molecule has 12 heteroatoms. The van der Waals surface area contributed by atoms with Crippen molar-refractivity contribution in [1.29, 1.82) is 0 Å². The lowest BCUT2D eigenvalue weighted by Crippen LogP contribution is -2.17. The zero-order valence-corrected chi connectivity index (χ0v) is 20.1. The second-order valence-corrected chi connectivity index (χ2v) is 8.93.